The van der Waals surface area contributed by atoms with E-state index in [-0.39, 0.29) is 5.69 Å². The van der Waals surface area contributed by atoms with E-state index in [1.54, 1.807) is 0 Å². The molecule has 94 valence electrons. The first-order chi connectivity index (χ1) is 7.95. The summed E-state index contributed by atoms with van der Waals surface area (Å²) in [5, 5.41) is 2.22. The van der Waals surface area contributed by atoms with E-state index in [1.165, 1.54) is 0 Å². The van der Waals surface area contributed by atoms with Crippen LogP contribution in [0.25, 0.3) is 0 Å². The second kappa shape index (κ2) is 5.67. The van der Waals surface area contributed by atoms with Crippen molar-refractivity contribution in [3.8, 4) is 0 Å². The summed E-state index contributed by atoms with van der Waals surface area (Å²) in [6.07, 6.45) is 1.17. The number of amides is 1. The summed E-state index contributed by atoms with van der Waals surface area (Å²) in [6.45, 7) is 1.85. The van der Waals surface area contributed by atoms with Crippen LogP contribution >= 0.6 is 0 Å². The fourth-order valence-corrected chi connectivity index (χ4v) is 1.30. The molecule has 0 saturated heterocycles. The highest BCUT2D eigenvalue weighted by molar-refractivity contribution is 5.94. The zero-order valence-corrected chi connectivity index (χ0v) is 9.27. The van der Waals surface area contributed by atoms with Crippen molar-refractivity contribution in [3.05, 3.63) is 29.6 Å². The SMILES string of the molecule is CCC[C@H](N)C(=O)Nc1cc(F)c(F)c(F)c1. The van der Waals surface area contributed by atoms with Gasteiger partial charge in [-0.15, -0.1) is 0 Å². The summed E-state index contributed by atoms with van der Waals surface area (Å²) >= 11 is 0. The highest BCUT2D eigenvalue weighted by Crippen LogP contribution is 2.17. The molecule has 0 aliphatic heterocycles. The van der Waals surface area contributed by atoms with Crippen LogP contribution in [0.3, 0.4) is 0 Å². The van der Waals surface area contributed by atoms with Crippen LogP contribution in [-0.4, -0.2) is 11.9 Å². The van der Waals surface area contributed by atoms with Gasteiger partial charge >= 0.3 is 0 Å². The van der Waals surface area contributed by atoms with Crippen LogP contribution in [0, 0.1) is 17.5 Å². The van der Waals surface area contributed by atoms with E-state index >= 15 is 0 Å². The molecule has 0 fully saturated rings. The standard InChI is InChI=1S/C11H13F3N2O/c1-2-3-9(15)11(17)16-6-4-7(12)10(14)8(13)5-6/h4-5,9H,2-3,15H2,1H3,(H,16,17)/t9-/m0/s1. The zero-order chi connectivity index (χ0) is 13.0. The highest BCUT2D eigenvalue weighted by atomic mass is 19.2. The van der Waals surface area contributed by atoms with Crippen LogP contribution in [-0.2, 0) is 4.79 Å². The summed E-state index contributed by atoms with van der Waals surface area (Å²) in [6, 6.07) is 0.653. The van der Waals surface area contributed by atoms with Crippen molar-refractivity contribution >= 4 is 11.6 Å². The van der Waals surface area contributed by atoms with Crippen LogP contribution in [0.1, 0.15) is 19.8 Å². The van der Waals surface area contributed by atoms with Crippen molar-refractivity contribution in [2.24, 2.45) is 5.73 Å². The maximum absolute atomic E-state index is 12.8. The molecule has 3 nitrogen and oxygen atoms in total. The van der Waals surface area contributed by atoms with Crippen LogP contribution in [0.15, 0.2) is 12.1 Å². The van der Waals surface area contributed by atoms with Gasteiger partial charge in [-0.3, -0.25) is 4.79 Å². The number of hydrogen-bond acceptors (Lipinski definition) is 2. The van der Waals surface area contributed by atoms with Gasteiger partial charge in [-0.1, -0.05) is 13.3 Å². The lowest BCUT2D eigenvalue weighted by Gasteiger charge is -2.11. The molecule has 1 aromatic carbocycles. The average Bonchev–Trinajstić information content (AvgIpc) is 2.26. The molecule has 0 aliphatic carbocycles. The smallest absolute Gasteiger partial charge is 0.241 e. The lowest BCUT2D eigenvalue weighted by molar-refractivity contribution is -0.117. The molecule has 0 spiro atoms. The molecular weight excluding hydrogens is 233 g/mol. The monoisotopic (exact) mass is 246 g/mol. The average molecular weight is 246 g/mol. The summed E-state index contributed by atoms with van der Waals surface area (Å²) in [7, 11) is 0. The summed E-state index contributed by atoms with van der Waals surface area (Å²) in [5.41, 5.74) is 5.35. The molecule has 6 heteroatoms. The van der Waals surface area contributed by atoms with Gasteiger partial charge in [0.05, 0.1) is 6.04 Å². The normalized spacial score (nSPS) is 12.3. The molecule has 0 radical (unpaired) electrons. The van der Waals surface area contributed by atoms with E-state index in [1.807, 2.05) is 6.92 Å². The second-order valence-electron chi connectivity index (χ2n) is 3.64. The number of benzene rings is 1. The molecule has 17 heavy (non-hydrogen) atoms. The third kappa shape index (κ3) is 3.45. The summed E-state index contributed by atoms with van der Waals surface area (Å²) in [5.74, 6) is -4.84. The third-order valence-corrected chi connectivity index (χ3v) is 2.19. The molecular formula is C11H13F3N2O. The molecule has 0 aliphatic rings. The Morgan fingerprint density at radius 2 is 1.88 bits per heavy atom. The van der Waals surface area contributed by atoms with Crippen molar-refractivity contribution in [1.29, 1.82) is 0 Å². The number of rotatable bonds is 4. The molecule has 0 unspecified atom stereocenters. The van der Waals surface area contributed by atoms with Crippen molar-refractivity contribution in [3.63, 3.8) is 0 Å². The Morgan fingerprint density at radius 3 is 2.35 bits per heavy atom. The molecule has 3 N–H and O–H groups in total. The third-order valence-electron chi connectivity index (χ3n) is 2.19. The fourth-order valence-electron chi connectivity index (χ4n) is 1.30. The van der Waals surface area contributed by atoms with E-state index in [9.17, 15) is 18.0 Å². The van der Waals surface area contributed by atoms with Crippen molar-refractivity contribution in [2.75, 3.05) is 5.32 Å². The van der Waals surface area contributed by atoms with Gasteiger partial charge < -0.3 is 11.1 Å². The van der Waals surface area contributed by atoms with Gasteiger partial charge in [0.1, 0.15) is 0 Å². The van der Waals surface area contributed by atoms with Crippen LogP contribution in [0.4, 0.5) is 18.9 Å². The van der Waals surface area contributed by atoms with Crippen LogP contribution < -0.4 is 11.1 Å². The quantitative estimate of drug-likeness (QED) is 0.800. The minimum absolute atomic E-state index is 0.155. The van der Waals surface area contributed by atoms with Gasteiger partial charge in [0, 0.05) is 17.8 Å². The summed E-state index contributed by atoms with van der Waals surface area (Å²) < 4.78 is 38.3. The van der Waals surface area contributed by atoms with Crippen molar-refractivity contribution < 1.29 is 18.0 Å². The largest absolute Gasteiger partial charge is 0.325 e. The van der Waals surface area contributed by atoms with Crippen LogP contribution in [0.2, 0.25) is 0 Å². The minimum Gasteiger partial charge on any atom is -0.325 e. The molecule has 0 aromatic heterocycles. The number of carbonyl (C=O) groups is 1. The van der Waals surface area contributed by atoms with Crippen LogP contribution in [0.5, 0.6) is 0 Å². The van der Waals surface area contributed by atoms with E-state index in [0.717, 1.165) is 0 Å². The molecule has 1 rings (SSSR count). The van der Waals surface area contributed by atoms with E-state index < -0.39 is 29.4 Å². The van der Waals surface area contributed by atoms with Gasteiger partial charge in [-0.2, -0.15) is 0 Å². The van der Waals surface area contributed by atoms with E-state index in [0.29, 0.717) is 25.0 Å². The topological polar surface area (TPSA) is 55.1 Å². The van der Waals surface area contributed by atoms with Gasteiger partial charge in [0.25, 0.3) is 0 Å². The Morgan fingerprint density at radius 1 is 1.35 bits per heavy atom. The van der Waals surface area contributed by atoms with Gasteiger partial charge in [0.15, 0.2) is 17.5 Å². The van der Waals surface area contributed by atoms with E-state index in [2.05, 4.69) is 5.32 Å². The lowest BCUT2D eigenvalue weighted by atomic mass is 10.1. The van der Waals surface area contributed by atoms with E-state index in [4.69, 9.17) is 5.73 Å². The molecule has 0 bridgehead atoms. The molecule has 0 saturated carbocycles. The Hall–Kier alpha value is -1.56. The Balaban J connectivity index is 2.79. The maximum atomic E-state index is 12.8. The first-order valence-electron chi connectivity index (χ1n) is 5.16. The van der Waals surface area contributed by atoms with Crippen molar-refractivity contribution in [1.82, 2.24) is 0 Å². The Kier molecular flexibility index (Phi) is 4.51. The zero-order valence-electron chi connectivity index (χ0n) is 9.27. The lowest BCUT2D eigenvalue weighted by Crippen LogP contribution is -2.35. The first kappa shape index (κ1) is 13.5. The number of hydrogen-bond donors (Lipinski definition) is 2. The predicted molar refractivity (Wildman–Crippen MR) is 57.8 cm³/mol. The number of carbonyl (C=O) groups excluding carboxylic acids is 1. The summed E-state index contributed by atoms with van der Waals surface area (Å²) in [4.78, 5) is 11.4. The predicted octanol–water partition coefficient (Wildman–Crippen LogP) is 2.17. The van der Waals surface area contributed by atoms with Gasteiger partial charge in [-0.05, 0) is 6.42 Å². The van der Waals surface area contributed by atoms with Gasteiger partial charge in [-0.25, -0.2) is 13.2 Å². The van der Waals surface area contributed by atoms with Crippen molar-refractivity contribution in [2.45, 2.75) is 25.8 Å². The highest BCUT2D eigenvalue weighted by Gasteiger charge is 2.15. The molecule has 1 aromatic rings. The molecule has 0 heterocycles. The van der Waals surface area contributed by atoms with Gasteiger partial charge in [0.2, 0.25) is 5.91 Å². The number of anilines is 1. The Labute approximate surface area is 96.8 Å². The Bertz CT molecular complexity index is 400. The number of halogens is 3. The first-order valence-corrected chi connectivity index (χ1v) is 5.16. The number of nitrogens with two attached hydrogens (primary N) is 1. The number of nitrogens with one attached hydrogen (secondary N) is 1. The molecule has 1 atom stereocenters. The maximum Gasteiger partial charge on any atom is 0.241 e. The molecule has 1 amide bonds. The minimum atomic E-state index is -1.57. The second-order valence-corrected chi connectivity index (χ2v) is 3.64. The fraction of sp³-hybridized carbons (Fsp3) is 0.364.